The highest BCUT2D eigenvalue weighted by molar-refractivity contribution is 6.74. The highest BCUT2D eigenvalue weighted by atomic mass is 28.4. The molecule has 4 aromatic rings. The smallest absolute Gasteiger partial charge is 0.265 e. The van der Waals surface area contributed by atoms with Gasteiger partial charge in [-0.1, -0.05) is 81.4 Å². The first-order valence-electron chi connectivity index (χ1n) is 18.0. The molecule has 3 aliphatic carbocycles. The highest BCUT2D eigenvalue weighted by Gasteiger charge is 2.67. The van der Waals surface area contributed by atoms with E-state index >= 15 is 4.79 Å². The van der Waals surface area contributed by atoms with Gasteiger partial charge in [-0.05, 0) is 67.3 Å². The molecule has 12 heteroatoms. The van der Waals surface area contributed by atoms with Gasteiger partial charge in [-0.2, -0.15) is 0 Å². The van der Waals surface area contributed by atoms with Gasteiger partial charge in [-0.3, -0.25) is 14.5 Å². The van der Waals surface area contributed by atoms with E-state index in [1.165, 1.54) is 13.3 Å². The first-order chi connectivity index (χ1) is 25.2. The number of aliphatic hydroxyl groups excluding tert-OH is 1. The van der Waals surface area contributed by atoms with E-state index in [1.54, 1.807) is 0 Å². The number of hydrogen-bond acceptors (Lipinski definition) is 11. The van der Waals surface area contributed by atoms with Crippen LogP contribution in [0, 0.1) is 11.8 Å². The maximum absolute atomic E-state index is 15.4. The summed E-state index contributed by atoms with van der Waals surface area (Å²) in [6.07, 6.45) is 2.14. The van der Waals surface area contributed by atoms with Crippen LogP contribution in [0.25, 0.3) is 0 Å². The fraction of sp³-hybridized carbons (Fsp3) is 0.415. The fourth-order valence-corrected chi connectivity index (χ4v) is 9.28. The molecule has 7 rings (SSSR count). The zero-order valence-electron chi connectivity index (χ0n) is 31.6. The van der Waals surface area contributed by atoms with Gasteiger partial charge in [0.25, 0.3) is 5.88 Å². The van der Waals surface area contributed by atoms with Crippen molar-refractivity contribution in [2.45, 2.75) is 76.6 Å². The first-order valence-corrected chi connectivity index (χ1v) is 20.9. The van der Waals surface area contributed by atoms with Crippen LogP contribution in [0.3, 0.4) is 0 Å². The van der Waals surface area contributed by atoms with E-state index in [0.717, 1.165) is 11.1 Å². The number of aliphatic hydroxyl groups is 1. The number of rotatable bonds is 10. The van der Waals surface area contributed by atoms with Gasteiger partial charge in [0.1, 0.15) is 30.3 Å². The van der Waals surface area contributed by atoms with Gasteiger partial charge in [-0.15, -0.1) is 0 Å². The Morgan fingerprint density at radius 2 is 1.57 bits per heavy atom. The van der Waals surface area contributed by atoms with Crippen molar-refractivity contribution in [3.05, 3.63) is 112 Å². The lowest BCUT2D eigenvalue weighted by molar-refractivity contribution is -0.0481. The number of benzene rings is 2. The Balaban J connectivity index is 1.41. The van der Waals surface area contributed by atoms with Gasteiger partial charge in [0, 0.05) is 17.1 Å². The second-order valence-corrected chi connectivity index (χ2v) is 20.7. The van der Waals surface area contributed by atoms with Crippen LogP contribution in [0.5, 0.6) is 17.5 Å². The van der Waals surface area contributed by atoms with Crippen molar-refractivity contribution in [1.82, 2.24) is 15.0 Å². The Kier molecular flexibility index (Phi) is 9.36. The van der Waals surface area contributed by atoms with E-state index in [1.807, 2.05) is 92.8 Å². The minimum Gasteiger partial charge on any atom is -0.508 e. The second kappa shape index (κ2) is 13.6. The molecular weight excluding hydrogens is 691 g/mol. The Morgan fingerprint density at radius 3 is 2.15 bits per heavy atom. The van der Waals surface area contributed by atoms with Crippen molar-refractivity contribution in [2.75, 3.05) is 21.2 Å². The lowest BCUT2D eigenvalue weighted by atomic mass is 9.58. The number of pyridine rings is 1. The molecule has 0 amide bonds. The molecule has 2 heterocycles. The molecule has 1 N–H and O–H groups in total. The molecule has 3 aliphatic rings. The minimum absolute atomic E-state index is 0.0185. The molecule has 4 atom stereocenters. The quantitative estimate of drug-likeness (QED) is 0.161. The lowest BCUT2D eigenvalue weighted by Gasteiger charge is -2.55. The van der Waals surface area contributed by atoms with Gasteiger partial charge >= 0.3 is 0 Å². The maximum atomic E-state index is 15.4. The molecule has 0 bridgehead atoms. The van der Waals surface area contributed by atoms with Crippen LogP contribution in [0.4, 0.5) is 0 Å². The summed E-state index contributed by atoms with van der Waals surface area (Å²) in [5.74, 6) is -1.53. The maximum Gasteiger partial charge on any atom is 0.265 e. The molecule has 53 heavy (non-hydrogen) atoms. The van der Waals surface area contributed by atoms with E-state index in [2.05, 4.69) is 30.9 Å². The molecule has 0 radical (unpaired) electrons. The number of methoxy groups -OCH3 is 1. The van der Waals surface area contributed by atoms with E-state index in [9.17, 15) is 9.90 Å². The molecule has 0 saturated carbocycles. The van der Waals surface area contributed by atoms with Crippen molar-refractivity contribution in [1.29, 1.82) is 0 Å². The predicted octanol–water partition coefficient (Wildman–Crippen LogP) is 7.68. The summed E-state index contributed by atoms with van der Waals surface area (Å²) in [6.45, 7) is 10.7. The summed E-state index contributed by atoms with van der Waals surface area (Å²) < 4.78 is 31.3. The number of Topliss-reactive ketones (excluding diaryl/α,β-unsaturated/α-hetero) is 2. The van der Waals surface area contributed by atoms with Gasteiger partial charge in [-0.25, -0.2) is 4.98 Å². The van der Waals surface area contributed by atoms with Gasteiger partial charge < -0.3 is 28.3 Å². The molecule has 2 aromatic carbocycles. The summed E-state index contributed by atoms with van der Waals surface area (Å²) in [5, 5.41) is 16.8. The van der Waals surface area contributed by atoms with Crippen LogP contribution in [0.2, 0.25) is 18.1 Å². The molecular formula is C41H47N3O8Si. The zero-order valence-corrected chi connectivity index (χ0v) is 32.6. The lowest BCUT2D eigenvalue weighted by Crippen LogP contribution is -2.65. The summed E-state index contributed by atoms with van der Waals surface area (Å²) in [5.41, 5.74) is 0.986. The molecule has 2 aromatic heterocycles. The largest absolute Gasteiger partial charge is 0.508 e. The third-order valence-electron chi connectivity index (χ3n) is 11.4. The average Bonchev–Trinajstić information content (AvgIpc) is 3.54. The SMILES string of the molecule is COc1ncc(OCc2ccccc2)c2c1C[C@H]1C[C@H]3[C@H](N(C)C)c4onc(OCc5ccccc5)c4C(=O)[C@@]3(O[Si](C)(C)C(C)(C)C)C(O)=C1C2=O. The van der Waals surface area contributed by atoms with Crippen molar-refractivity contribution in [3.63, 3.8) is 0 Å². The van der Waals surface area contributed by atoms with Crippen LogP contribution in [0.15, 0.2) is 82.7 Å². The summed E-state index contributed by atoms with van der Waals surface area (Å²) in [4.78, 5) is 36.9. The van der Waals surface area contributed by atoms with E-state index in [-0.39, 0.29) is 52.3 Å². The standard InChI is InChI=1S/C41H47N3O8Si/c1-40(2,3)53(7,8)52-41-28(33(44(4)5)35-32(37(41)47)39(43-51-35)50-23-25-17-13-10-14-18-25)20-26-19-27-31(34(45)30(26)36(41)46)29(21-42-38(27)48-6)49-22-24-15-11-9-12-16-24/h9-18,21,26,28,33,46H,19-20,22-23H2,1-8H3/t26-,28-,33-,41-/m0/s1. The number of carbonyl (C=O) groups excluding carboxylic acids is 2. The topological polar surface area (TPSA) is 133 Å². The molecule has 0 aliphatic heterocycles. The summed E-state index contributed by atoms with van der Waals surface area (Å²) in [6, 6.07) is 18.6. The Labute approximate surface area is 311 Å². The Morgan fingerprint density at radius 1 is 0.943 bits per heavy atom. The minimum atomic E-state index is -2.86. The molecule has 11 nitrogen and oxygen atoms in total. The van der Waals surface area contributed by atoms with Crippen LogP contribution >= 0.6 is 0 Å². The van der Waals surface area contributed by atoms with Crippen molar-refractivity contribution >= 4 is 19.9 Å². The van der Waals surface area contributed by atoms with Gasteiger partial charge in [0.05, 0.1) is 24.9 Å². The molecule has 0 saturated heterocycles. The molecule has 0 fully saturated rings. The third kappa shape index (κ3) is 6.06. The third-order valence-corrected chi connectivity index (χ3v) is 15.9. The number of carbonyl (C=O) groups is 2. The van der Waals surface area contributed by atoms with E-state index in [4.69, 9.17) is 23.2 Å². The number of aromatic nitrogens is 2. The number of nitrogens with zero attached hydrogens (tertiary/aromatic N) is 3. The summed E-state index contributed by atoms with van der Waals surface area (Å²) in [7, 11) is 2.45. The van der Waals surface area contributed by atoms with E-state index in [0.29, 0.717) is 30.0 Å². The van der Waals surface area contributed by atoms with Crippen molar-refractivity contribution < 1.29 is 37.9 Å². The number of ether oxygens (including phenoxy) is 3. The molecule has 0 spiro atoms. The first kappa shape index (κ1) is 36.6. The zero-order chi connectivity index (χ0) is 37.9. The van der Waals surface area contributed by atoms with Crippen molar-refractivity contribution in [3.8, 4) is 17.5 Å². The predicted molar refractivity (Wildman–Crippen MR) is 200 cm³/mol. The number of hydrogen-bond donors (Lipinski definition) is 1. The number of ketones is 2. The number of fused-ring (bicyclic) bond motifs is 4. The van der Waals surface area contributed by atoms with Crippen molar-refractivity contribution in [2.24, 2.45) is 11.8 Å². The van der Waals surface area contributed by atoms with Gasteiger partial charge in [0.15, 0.2) is 25.5 Å². The molecule has 278 valence electrons. The fourth-order valence-electron chi connectivity index (χ4n) is 7.83. The van der Waals surface area contributed by atoms with Crippen LogP contribution in [0.1, 0.15) is 76.4 Å². The Bertz CT molecular complexity index is 2070. The van der Waals surface area contributed by atoms with Crippen LogP contribution in [-0.2, 0) is 24.1 Å². The number of allylic oxidation sites excluding steroid dienone is 1. The monoisotopic (exact) mass is 737 g/mol. The second-order valence-electron chi connectivity index (χ2n) is 15.9. The van der Waals surface area contributed by atoms with Gasteiger partial charge in [0.2, 0.25) is 11.7 Å². The summed E-state index contributed by atoms with van der Waals surface area (Å²) >= 11 is 0. The highest BCUT2D eigenvalue weighted by Crippen LogP contribution is 2.60. The normalized spacial score (nSPS) is 22.5. The Hall–Kier alpha value is -4.78. The van der Waals surface area contributed by atoms with E-state index < -0.39 is 43.4 Å². The average molecular weight is 738 g/mol. The van der Waals surface area contributed by atoms with Crippen LogP contribution in [-0.4, -0.2) is 66.8 Å². The van der Waals surface area contributed by atoms with Crippen LogP contribution < -0.4 is 14.2 Å². The molecule has 0 unspecified atom stereocenters.